The molecule has 0 saturated carbocycles. The molecule has 0 spiro atoms. The Morgan fingerprint density at radius 2 is 2.03 bits per heavy atom. The van der Waals surface area contributed by atoms with Crippen LogP contribution in [0.4, 0.5) is 5.69 Å². The monoisotopic (exact) mass is 437 g/mol. The van der Waals surface area contributed by atoms with E-state index in [9.17, 15) is 18.0 Å². The molecule has 166 valence electrons. The quantitative estimate of drug-likeness (QED) is 0.753. The van der Waals surface area contributed by atoms with Crippen molar-refractivity contribution in [2.24, 2.45) is 5.92 Å². The van der Waals surface area contributed by atoms with Crippen molar-refractivity contribution in [2.75, 3.05) is 18.4 Å². The van der Waals surface area contributed by atoms with E-state index in [2.05, 4.69) is 10.6 Å². The zero-order chi connectivity index (χ0) is 22.3. The average Bonchev–Trinajstić information content (AvgIpc) is 2.65. The number of carbonyl (C=O) groups is 2. The number of sulfonamides is 1. The zero-order valence-electron chi connectivity index (χ0n) is 18.2. The number of fused-ring (bicyclic) bond motifs is 1. The number of hydrogen-bond acceptors (Lipinski definition) is 5. The van der Waals surface area contributed by atoms with Gasteiger partial charge in [0.2, 0.25) is 15.9 Å². The Bertz CT molecular complexity index is 952. The molecule has 8 nitrogen and oxygen atoms in total. The van der Waals surface area contributed by atoms with Gasteiger partial charge in [-0.1, -0.05) is 6.92 Å². The van der Waals surface area contributed by atoms with Crippen molar-refractivity contribution in [3.05, 3.63) is 17.7 Å². The largest absolute Gasteiger partial charge is 0.478 e. The van der Waals surface area contributed by atoms with E-state index in [0.717, 1.165) is 0 Å². The highest BCUT2D eigenvalue weighted by Crippen LogP contribution is 2.36. The number of hydrogen-bond donors (Lipinski definition) is 2. The molecule has 2 aliphatic heterocycles. The minimum atomic E-state index is -3.81. The lowest BCUT2D eigenvalue weighted by Crippen LogP contribution is -2.49. The molecule has 2 aliphatic rings. The van der Waals surface area contributed by atoms with Gasteiger partial charge in [0, 0.05) is 24.7 Å². The fraction of sp³-hybridized carbons (Fsp3) is 0.619. The predicted octanol–water partition coefficient (Wildman–Crippen LogP) is 2.42. The van der Waals surface area contributed by atoms with Crippen LogP contribution in [0.15, 0.2) is 17.0 Å². The minimum absolute atomic E-state index is 0.124. The number of nitrogens with zero attached hydrogens (tertiary/aromatic N) is 1. The van der Waals surface area contributed by atoms with Crippen LogP contribution in [0.2, 0.25) is 0 Å². The summed E-state index contributed by atoms with van der Waals surface area (Å²) in [4.78, 5) is 24.8. The number of piperidine rings is 1. The molecule has 9 heteroatoms. The molecule has 1 fully saturated rings. The van der Waals surface area contributed by atoms with Crippen LogP contribution >= 0.6 is 0 Å². The third-order valence-electron chi connectivity index (χ3n) is 5.34. The van der Waals surface area contributed by atoms with Gasteiger partial charge in [-0.2, -0.15) is 4.31 Å². The second-order valence-electron chi connectivity index (χ2n) is 9.06. The molecule has 2 atom stereocenters. The predicted molar refractivity (Wildman–Crippen MR) is 114 cm³/mol. The molecule has 0 aliphatic carbocycles. The Morgan fingerprint density at radius 3 is 2.67 bits per heavy atom. The Kier molecular flexibility index (Phi) is 6.15. The summed E-state index contributed by atoms with van der Waals surface area (Å²) in [6, 6.07) is 3.11. The van der Waals surface area contributed by atoms with Gasteiger partial charge in [0.05, 0.1) is 16.5 Å². The second-order valence-corrected chi connectivity index (χ2v) is 11.0. The summed E-state index contributed by atoms with van der Waals surface area (Å²) in [7, 11) is -3.81. The van der Waals surface area contributed by atoms with E-state index in [1.807, 2.05) is 27.7 Å². The third kappa shape index (κ3) is 4.62. The number of amides is 2. The maximum Gasteiger partial charge on any atom is 0.265 e. The van der Waals surface area contributed by atoms with Gasteiger partial charge in [0.25, 0.3) is 5.91 Å². The number of rotatable bonds is 4. The lowest BCUT2D eigenvalue weighted by Gasteiger charge is -2.33. The van der Waals surface area contributed by atoms with Gasteiger partial charge in [0.15, 0.2) is 6.10 Å². The van der Waals surface area contributed by atoms with Crippen LogP contribution in [0.3, 0.4) is 0 Å². The highest BCUT2D eigenvalue weighted by Gasteiger charge is 2.36. The Morgan fingerprint density at radius 1 is 1.33 bits per heavy atom. The number of benzene rings is 1. The molecule has 2 N–H and O–H groups in total. The van der Waals surface area contributed by atoms with E-state index in [1.165, 1.54) is 10.4 Å². The van der Waals surface area contributed by atoms with Gasteiger partial charge in [-0.25, -0.2) is 8.42 Å². The highest BCUT2D eigenvalue weighted by atomic mass is 32.2. The summed E-state index contributed by atoms with van der Waals surface area (Å²) in [5.41, 5.74) is 0.626. The van der Waals surface area contributed by atoms with Crippen molar-refractivity contribution < 1.29 is 22.7 Å². The van der Waals surface area contributed by atoms with Gasteiger partial charge in [0.1, 0.15) is 5.75 Å². The van der Waals surface area contributed by atoms with E-state index in [0.29, 0.717) is 42.8 Å². The fourth-order valence-electron chi connectivity index (χ4n) is 3.82. The van der Waals surface area contributed by atoms with E-state index < -0.39 is 16.1 Å². The van der Waals surface area contributed by atoms with Crippen LogP contribution < -0.4 is 15.4 Å². The number of ether oxygens (including phenoxy) is 1. The summed E-state index contributed by atoms with van der Waals surface area (Å²) in [5.74, 6) is -0.388. The smallest absolute Gasteiger partial charge is 0.265 e. The zero-order valence-corrected chi connectivity index (χ0v) is 19.1. The summed E-state index contributed by atoms with van der Waals surface area (Å²) < 4.78 is 33.9. The topological polar surface area (TPSA) is 105 Å². The van der Waals surface area contributed by atoms with E-state index in [4.69, 9.17) is 4.74 Å². The molecule has 1 aromatic rings. The van der Waals surface area contributed by atoms with Gasteiger partial charge in [-0.05, 0) is 58.6 Å². The maximum absolute atomic E-state index is 13.4. The fourth-order valence-corrected chi connectivity index (χ4v) is 5.56. The van der Waals surface area contributed by atoms with E-state index in [-0.39, 0.29) is 34.7 Å². The van der Waals surface area contributed by atoms with E-state index in [1.54, 1.807) is 13.0 Å². The second kappa shape index (κ2) is 8.19. The van der Waals surface area contributed by atoms with E-state index >= 15 is 0 Å². The summed E-state index contributed by atoms with van der Waals surface area (Å²) in [6.07, 6.45) is 1.12. The van der Waals surface area contributed by atoms with Gasteiger partial charge >= 0.3 is 0 Å². The van der Waals surface area contributed by atoms with Crippen LogP contribution in [0.5, 0.6) is 5.75 Å². The number of aryl methyl sites for hydroxylation is 1. The Hall–Kier alpha value is -2.13. The molecule has 0 bridgehead atoms. The Labute approximate surface area is 178 Å². The molecule has 2 amide bonds. The molecule has 0 radical (unpaired) electrons. The van der Waals surface area contributed by atoms with Gasteiger partial charge in [-0.3, -0.25) is 9.59 Å². The maximum atomic E-state index is 13.4. The first kappa shape index (κ1) is 22.6. The average molecular weight is 438 g/mol. The number of nitrogens with one attached hydrogen (secondary N) is 2. The SMILES string of the molecule is CC[C@@H]1Oc2cc(S(=O)(=O)N3CCC[C@H](C(=O)NC(C)(C)C)C3)c(C)cc2NC1=O. The van der Waals surface area contributed by atoms with Crippen LogP contribution in [-0.2, 0) is 19.6 Å². The molecular formula is C21H31N3O5S. The van der Waals surface area contributed by atoms with Crippen LogP contribution in [-0.4, -0.2) is 49.3 Å². The minimum Gasteiger partial charge on any atom is -0.478 e. The first-order valence-corrected chi connectivity index (χ1v) is 11.8. The normalized spacial score (nSPS) is 22.6. The molecule has 1 saturated heterocycles. The number of carbonyl (C=O) groups excluding carboxylic acids is 2. The van der Waals surface area contributed by atoms with Crippen LogP contribution in [0.25, 0.3) is 0 Å². The number of anilines is 1. The molecular weight excluding hydrogens is 406 g/mol. The van der Waals surface area contributed by atoms with Crippen molar-refractivity contribution in [3.8, 4) is 5.75 Å². The molecule has 0 aromatic heterocycles. The molecule has 0 unspecified atom stereocenters. The van der Waals surface area contributed by atoms with Crippen molar-refractivity contribution in [3.63, 3.8) is 0 Å². The lowest BCUT2D eigenvalue weighted by atomic mass is 9.97. The first-order chi connectivity index (χ1) is 13.9. The molecule has 1 aromatic carbocycles. The molecule has 30 heavy (non-hydrogen) atoms. The summed E-state index contributed by atoms with van der Waals surface area (Å²) in [5, 5.41) is 5.73. The highest BCUT2D eigenvalue weighted by molar-refractivity contribution is 7.89. The van der Waals surface area contributed by atoms with Crippen LogP contribution in [0, 0.1) is 12.8 Å². The summed E-state index contributed by atoms with van der Waals surface area (Å²) >= 11 is 0. The van der Waals surface area contributed by atoms with Crippen molar-refractivity contribution in [1.82, 2.24) is 9.62 Å². The Balaban J connectivity index is 1.86. The van der Waals surface area contributed by atoms with Crippen molar-refractivity contribution in [1.29, 1.82) is 0 Å². The van der Waals surface area contributed by atoms with Crippen LogP contribution in [0.1, 0.15) is 52.5 Å². The van der Waals surface area contributed by atoms with Gasteiger partial charge in [-0.15, -0.1) is 0 Å². The molecule has 3 rings (SSSR count). The summed E-state index contributed by atoms with van der Waals surface area (Å²) in [6.45, 7) is 9.75. The standard InChI is InChI=1S/C21H31N3O5S/c1-6-16-20(26)22-15-10-13(2)18(11-17(15)29-16)30(27,28)24-9-7-8-14(12-24)19(25)23-21(3,4)5/h10-11,14,16H,6-9,12H2,1-5H3,(H,22,26)(H,23,25)/t14-,16-/m0/s1. The van der Waals surface area contributed by atoms with Crippen molar-refractivity contribution in [2.45, 2.75) is 70.4 Å². The first-order valence-electron chi connectivity index (χ1n) is 10.4. The third-order valence-corrected chi connectivity index (χ3v) is 7.35. The lowest BCUT2D eigenvalue weighted by molar-refractivity contribution is -0.127. The van der Waals surface area contributed by atoms with Gasteiger partial charge < -0.3 is 15.4 Å². The van der Waals surface area contributed by atoms with Crippen molar-refractivity contribution >= 4 is 27.5 Å². The molecule has 2 heterocycles.